The highest BCUT2D eigenvalue weighted by molar-refractivity contribution is 5.98. The van der Waals surface area contributed by atoms with Gasteiger partial charge in [0.1, 0.15) is 29.7 Å². The molecule has 0 spiro atoms. The van der Waals surface area contributed by atoms with E-state index in [0.717, 1.165) is 48.8 Å². The van der Waals surface area contributed by atoms with Gasteiger partial charge in [0.2, 0.25) is 5.91 Å². The normalized spacial score (nSPS) is 18.8. The molecular formula is C32H31F2N7O3. The van der Waals surface area contributed by atoms with Crippen molar-refractivity contribution in [1.82, 2.24) is 20.0 Å². The Bertz CT molecular complexity index is 1770. The maximum atomic E-state index is 15.5. The number of halogens is 2. The van der Waals surface area contributed by atoms with E-state index in [-0.39, 0.29) is 34.8 Å². The smallest absolute Gasteiger partial charge is 0.238 e. The number of carbonyl (C=O) groups excluding carboxylic acids is 1. The molecule has 4 heterocycles. The molecule has 1 amide bonds. The summed E-state index contributed by atoms with van der Waals surface area (Å²) in [6.07, 6.45) is 0. The molecule has 44 heavy (non-hydrogen) atoms. The average molecular weight is 600 g/mol. The average Bonchev–Trinajstić information content (AvgIpc) is 3.43. The number of anilines is 2. The lowest BCUT2D eigenvalue weighted by molar-refractivity contribution is -0.118. The summed E-state index contributed by atoms with van der Waals surface area (Å²) < 4.78 is 42.5. The zero-order valence-corrected chi connectivity index (χ0v) is 24.2. The van der Waals surface area contributed by atoms with Gasteiger partial charge in [-0.3, -0.25) is 14.8 Å². The Labute approximate surface area is 252 Å². The number of rotatable bonds is 5. The first-order valence-electron chi connectivity index (χ1n) is 14.6. The number of carbonyl (C=O) groups is 1. The summed E-state index contributed by atoms with van der Waals surface area (Å²) in [5.41, 5.74) is 2.78. The zero-order valence-electron chi connectivity index (χ0n) is 24.2. The van der Waals surface area contributed by atoms with Crippen molar-refractivity contribution in [1.29, 1.82) is 5.26 Å². The largest absolute Gasteiger partial charge is 0.489 e. The fourth-order valence-corrected chi connectivity index (χ4v) is 6.32. The summed E-state index contributed by atoms with van der Waals surface area (Å²) in [7, 11) is 2.11. The van der Waals surface area contributed by atoms with Crippen molar-refractivity contribution >= 4 is 28.2 Å². The number of likely N-dealkylation sites (N-methyl/N-ethyl adjacent to an activating group) is 1. The first-order valence-corrected chi connectivity index (χ1v) is 14.6. The zero-order chi connectivity index (χ0) is 30.4. The standard InChI is InChI=1S/C32H31F2N7O3/c1-39-4-5-41-22(16-39)18-44-29-11-19(2-3-28(29)41)32-24-14-23(20(15-35)10-27(24)37-38-32)31-25(33)12-21(13-26(31)34)36-30(42)17-40-6-8-43-9-7-40/h2-3,10-14,22H,4-9,16-18H2,1H3,(H,36,42)(H,37,38). The molecule has 226 valence electrons. The quantitative estimate of drug-likeness (QED) is 0.356. The third kappa shape index (κ3) is 5.23. The number of amides is 1. The van der Waals surface area contributed by atoms with Crippen LogP contribution in [0.15, 0.2) is 42.5 Å². The van der Waals surface area contributed by atoms with Gasteiger partial charge >= 0.3 is 0 Å². The minimum absolute atomic E-state index is 0.00208. The molecule has 2 fully saturated rings. The molecule has 2 N–H and O–H groups in total. The van der Waals surface area contributed by atoms with Crippen LogP contribution in [0, 0.1) is 23.0 Å². The highest BCUT2D eigenvalue weighted by atomic mass is 19.1. The summed E-state index contributed by atoms with van der Waals surface area (Å²) in [5.74, 6) is -1.40. The van der Waals surface area contributed by atoms with Crippen LogP contribution in [0.5, 0.6) is 5.75 Å². The second-order valence-corrected chi connectivity index (χ2v) is 11.5. The first kappa shape index (κ1) is 28.2. The van der Waals surface area contributed by atoms with E-state index in [1.54, 1.807) is 12.1 Å². The van der Waals surface area contributed by atoms with Crippen LogP contribution < -0.4 is 15.0 Å². The van der Waals surface area contributed by atoms with Crippen molar-refractivity contribution < 1.29 is 23.0 Å². The molecule has 3 aromatic carbocycles. The lowest BCUT2D eigenvalue weighted by atomic mass is 9.95. The van der Waals surface area contributed by atoms with Crippen molar-refractivity contribution in [3.05, 3.63) is 59.7 Å². The van der Waals surface area contributed by atoms with Crippen LogP contribution in [-0.2, 0) is 9.53 Å². The highest BCUT2D eigenvalue weighted by Crippen LogP contribution is 2.41. The van der Waals surface area contributed by atoms with Crippen molar-refractivity contribution in [2.45, 2.75) is 6.04 Å². The van der Waals surface area contributed by atoms with E-state index in [0.29, 0.717) is 55.5 Å². The molecule has 0 radical (unpaired) electrons. The van der Waals surface area contributed by atoms with Crippen molar-refractivity contribution in [2.24, 2.45) is 0 Å². The van der Waals surface area contributed by atoms with E-state index in [2.05, 4.69) is 38.4 Å². The summed E-state index contributed by atoms with van der Waals surface area (Å²) in [6, 6.07) is 13.6. The number of ether oxygens (including phenoxy) is 2. The summed E-state index contributed by atoms with van der Waals surface area (Å²) in [4.78, 5) is 19.1. The number of benzene rings is 3. The number of fused-ring (bicyclic) bond motifs is 4. The molecule has 0 aliphatic carbocycles. The first-order chi connectivity index (χ1) is 21.4. The van der Waals surface area contributed by atoms with Gasteiger partial charge in [0, 0.05) is 54.9 Å². The van der Waals surface area contributed by atoms with E-state index in [1.165, 1.54) is 0 Å². The van der Waals surface area contributed by atoms with Crippen LogP contribution in [0.4, 0.5) is 20.2 Å². The van der Waals surface area contributed by atoms with Crippen LogP contribution in [0.1, 0.15) is 5.56 Å². The maximum absolute atomic E-state index is 15.5. The number of piperazine rings is 1. The molecule has 0 bridgehead atoms. The maximum Gasteiger partial charge on any atom is 0.238 e. The number of hydrogen-bond donors (Lipinski definition) is 2. The molecule has 12 heteroatoms. The molecular weight excluding hydrogens is 568 g/mol. The molecule has 1 aromatic heterocycles. The van der Waals surface area contributed by atoms with E-state index >= 15 is 8.78 Å². The number of nitrogens with one attached hydrogen (secondary N) is 2. The Morgan fingerprint density at radius 1 is 1.11 bits per heavy atom. The SMILES string of the molecule is CN1CCN2c3ccc(-c4n[nH]c5cc(C#N)c(-c6c(F)cc(NC(=O)CN7CCOCC7)cc6F)cc45)cc3OCC2C1. The fraction of sp³-hybridized carbons (Fsp3) is 0.344. The molecule has 4 aromatic rings. The Morgan fingerprint density at radius 3 is 2.68 bits per heavy atom. The third-order valence-electron chi connectivity index (χ3n) is 8.55. The van der Waals surface area contributed by atoms with Gasteiger partial charge in [-0.05, 0) is 43.4 Å². The van der Waals surface area contributed by atoms with Gasteiger partial charge in [-0.2, -0.15) is 10.4 Å². The van der Waals surface area contributed by atoms with E-state index in [9.17, 15) is 10.1 Å². The van der Waals surface area contributed by atoms with Crippen LogP contribution in [0.3, 0.4) is 0 Å². The number of H-pyrrole nitrogens is 1. The van der Waals surface area contributed by atoms with Gasteiger partial charge in [0.05, 0.1) is 54.2 Å². The van der Waals surface area contributed by atoms with Crippen molar-refractivity contribution in [3.63, 3.8) is 0 Å². The van der Waals surface area contributed by atoms with Crippen LogP contribution in [0.2, 0.25) is 0 Å². The Balaban J connectivity index is 1.20. The molecule has 7 rings (SSSR count). The van der Waals surface area contributed by atoms with Crippen LogP contribution in [-0.4, -0.2) is 98.1 Å². The second kappa shape index (κ2) is 11.5. The minimum atomic E-state index is -0.892. The van der Waals surface area contributed by atoms with Crippen molar-refractivity contribution in [2.75, 3.05) is 76.4 Å². The molecule has 1 atom stereocenters. The molecule has 3 aliphatic heterocycles. The van der Waals surface area contributed by atoms with E-state index in [4.69, 9.17) is 9.47 Å². The lowest BCUT2D eigenvalue weighted by Gasteiger charge is -2.44. The number of hydrogen-bond acceptors (Lipinski definition) is 8. The van der Waals surface area contributed by atoms with Gasteiger partial charge in [0.25, 0.3) is 0 Å². The number of nitrogens with zero attached hydrogens (tertiary/aromatic N) is 5. The number of aromatic nitrogens is 2. The van der Waals surface area contributed by atoms with Crippen LogP contribution in [0.25, 0.3) is 33.3 Å². The summed E-state index contributed by atoms with van der Waals surface area (Å²) in [6.45, 7) is 5.79. The molecule has 0 saturated carbocycles. The van der Waals surface area contributed by atoms with Gasteiger partial charge in [-0.1, -0.05) is 6.07 Å². The second-order valence-electron chi connectivity index (χ2n) is 11.5. The lowest BCUT2D eigenvalue weighted by Crippen LogP contribution is -2.56. The third-order valence-corrected chi connectivity index (χ3v) is 8.55. The summed E-state index contributed by atoms with van der Waals surface area (Å²) >= 11 is 0. The molecule has 10 nitrogen and oxygen atoms in total. The van der Waals surface area contributed by atoms with Gasteiger partial charge in [-0.15, -0.1) is 0 Å². The van der Waals surface area contributed by atoms with Gasteiger partial charge < -0.3 is 24.6 Å². The van der Waals surface area contributed by atoms with E-state index in [1.807, 2.05) is 23.1 Å². The molecule has 2 saturated heterocycles. The fourth-order valence-electron chi connectivity index (χ4n) is 6.32. The van der Waals surface area contributed by atoms with Crippen LogP contribution >= 0.6 is 0 Å². The topological polar surface area (TPSA) is 110 Å². The Hall–Kier alpha value is -4.57. The monoisotopic (exact) mass is 599 g/mol. The number of nitriles is 1. The predicted octanol–water partition coefficient (Wildman–Crippen LogP) is 3.83. The van der Waals surface area contributed by atoms with E-state index < -0.39 is 11.6 Å². The Morgan fingerprint density at radius 2 is 1.91 bits per heavy atom. The van der Waals surface area contributed by atoms with Gasteiger partial charge in [0.15, 0.2) is 0 Å². The predicted molar refractivity (Wildman–Crippen MR) is 162 cm³/mol. The number of aromatic amines is 1. The minimum Gasteiger partial charge on any atom is -0.489 e. The molecule has 1 unspecified atom stereocenters. The van der Waals surface area contributed by atoms with Gasteiger partial charge in [-0.25, -0.2) is 8.78 Å². The van der Waals surface area contributed by atoms with Crippen molar-refractivity contribution in [3.8, 4) is 34.2 Å². The molecule has 3 aliphatic rings. The Kier molecular flexibility index (Phi) is 7.37. The summed E-state index contributed by atoms with van der Waals surface area (Å²) in [5, 5.41) is 20.5. The highest BCUT2D eigenvalue weighted by Gasteiger charge is 2.32. The number of morpholine rings is 1.